The fraction of sp³-hybridized carbons (Fsp3) is 0.0909. The van der Waals surface area contributed by atoms with Crippen molar-refractivity contribution in [1.29, 1.82) is 0 Å². The molecule has 0 saturated heterocycles. The molecule has 2 aromatic rings. The molecule has 0 aliphatic heterocycles. The molecular formula is C11H9BrClNS. The van der Waals surface area contributed by atoms with Crippen molar-refractivity contribution in [2.24, 2.45) is 5.73 Å². The molecule has 0 fully saturated rings. The Labute approximate surface area is 106 Å². The molecule has 0 radical (unpaired) electrons. The summed E-state index contributed by atoms with van der Waals surface area (Å²) >= 11 is 11.0. The minimum absolute atomic E-state index is 0.0945. The van der Waals surface area contributed by atoms with Crippen molar-refractivity contribution in [1.82, 2.24) is 0 Å². The second-order valence-electron chi connectivity index (χ2n) is 3.20. The third-order valence-electron chi connectivity index (χ3n) is 2.20. The SMILES string of the molecule is N[C@@H](c1ccsc1)c1ccc(Cl)cc1Br. The van der Waals surface area contributed by atoms with Crippen LogP contribution in [0, 0.1) is 0 Å². The van der Waals surface area contributed by atoms with E-state index in [0.717, 1.165) is 15.6 Å². The van der Waals surface area contributed by atoms with E-state index >= 15 is 0 Å². The highest BCUT2D eigenvalue weighted by molar-refractivity contribution is 9.10. The highest BCUT2D eigenvalue weighted by Crippen LogP contribution is 2.29. The van der Waals surface area contributed by atoms with Crippen molar-refractivity contribution in [2.45, 2.75) is 6.04 Å². The van der Waals surface area contributed by atoms with E-state index in [0.29, 0.717) is 5.02 Å². The lowest BCUT2D eigenvalue weighted by atomic mass is 10.0. The number of benzene rings is 1. The van der Waals surface area contributed by atoms with Crippen molar-refractivity contribution < 1.29 is 0 Å². The highest BCUT2D eigenvalue weighted by atomic mass is 79.9. The fourth-order valence-corrected chi connectivity index (χ4v) is 3.01. The minimum Gasteiger partial charge on any atom is -0.320 e. The van der Waals surface area contributed by atoms with Crippen molar-refractivity contribution in [3.05, 3.63) is 55.6 Å². The van der Waals surface area contributed by atoms with Gasteiger partial charge >= 0.3 is 0 Å². The summed E-state index contributed by atoms with van der Waals surface area (Å²) in [7, 11) is 0. The normalized spacial score (nSPS) is 12.7. The van der Waals surface area contributed by atoms with E-state index in [9.17, 15) is 0 Å². The van der Waals surface area contributed by atoms with Crippen LogP contribution in [0.25, 0.3) is 0 Å². The molecule has 1 aromatic carbocycles. The molecule has 2 rings (SSSR count). The van der Waals surface area contributed by atoms with Crippen LogP contribution in [0.2, 0.25) is 5.02 Å². The number of nitrogens with two attached hydrogens (primary N) is 1. The molecule has 2 N–H and O–H groups in total. The molecule has 0 aliphatic rings. The third kappa shape index (κ3) is 2.42. The summed E-state index contributed by atoms with van der Waals surface area (Å²) in [5, 5.41) is 4.80. The minimum atomic E-state index is -0.0945. The molecule has 0 amide bonds. The summed E-state index contributed by atoms with van der Waals surface area (Å²) in [5.41, 5.74) is 8.33. The Balaban J connectivity index is 2.38. The molecule has 1 heterocycles. The first-order valence-corrected chi connectivity index (χ1v) is 6.52. The topological polar surface area (TPSA) is 26.0 Å². The van der Waals surface area contributed by atoms with Crippen molar-refractivity contribution in [3.8, 4) is 0 Å². The zero-order valence-electron chi connectivity index (χ0n) is 7.78. The van der Waals surface area contributed by atoms with Crippen LogP contribution in [-0.4, -0.2) is 0 Å². The van der Waals surface area contributed by atoms with E-state index in [-0.39, 0.29) is 6.04 Å². The van der Waals surface area contributed by atoms with Gasteiger partial charge in [0, 0.05) is 9.50 Å². The van der Waals surface area contributed by atoms with Crippen molar-refractivity contribution >= 4 is 38.9 Å². The number of hydrogen-bond donors (Lipinski definition) is 1. The third-order valence-corrected chi connectivity index (χ3v) is 3.82. The fourth-order valence-electron chi connectivity index (χ4n) is 1.39. The zero-order chi connectivity index (χ0) is 10.8. The summed E-state index contributed by atoms with van der Waals surface area (Å²) in [6, 6.07) is 7.62. The lowest BCUT2D eigenvalue weighted by Gasteiger charge is -2.12. The van der Waals surface area contributed by atoms with Gasteiger partial charge in [0.2, 0.25) is 0 Å². The molecule has 0 spiro atoms. The Morgan fingerprint density at radius 2 is 2.13 bits per heavy atom. The highest BCUT2D eigenvalue weighted by Gasteiger charge is 2.12. The summed E-state index contributed by atoms with van der Waals surface area (Å²) in [6.45, 7) is 0. The van der Waals surface area contributed by atoms with Crippen LogP contribution in [0.1, 0.15) is 17.2 Å². The summed E-state index contributed by atoms with van der Waals surface area (Å²) in [6.07, 6.45) is 0. The van der Waals surface area contributed by atoms with Gasteiger partial charge in [-0.15, -0.1) is 0 Å². The molecule has 0 aliphatic carbocycles. The lowest BCUT2D eigenvalue weighted by Crippen LogP contribution is -2.11. The van der Waals surface area contributed by atoms with Gasteiger partial charge in [-0.05, 0) is 40.1 Å². The molecule has 1 atom stereocenters. The molecule has 4 heteroatoms. The average Bonchev–Trinajstić information content (AvgIpc) is 2.69. The van der Waals surface area contributed by atoms with Gasteiger partial charge in [0.25, 0.3) is 0 Å². The van der Waals surface area contributed by atoms with Gasteiger partial charge in [-0.2, -0.15) is 11.3 Å². The Morgan fingerprint density at radius 3 is 2.73 bits per heavy atom. The Kier molecular flexibility index (Phi) is 3.46. The zero-order valence-corrected chi connectivity index (χ0v) is 10.9. The number of halogens is 2. The van der Waals surface area contributed by atoms with E-state index in [1.54, 1.807) is 11.3 Å². The monoisotopic (exact) mass is 301 g/mol. The van der Waals surface area contributed by atoms with Crippen molar-refractivity contribution in [2.75, 3.05) is 0 Å². The Hall–Kier alpha value is -0.350. The second kappa shape index (κ2) is 4.66. The van der Waals surface area contributed by atoms with E-state index < -0.39 is 0 Å². The van der Waals surface area contributed by atoms with Crippen molar-refractivity contribution in [3.63, 3.8) is 0 Å². The van der Waals surface area contributed by atoms with Gasteiger partial charge in [-0.1, -0.05) is 33.6 Å². The largest absolute Gasteiger partial charge is 0.320 e. The molecule has 0 unspecified atom stereocenters. The summed E-state index contributed by atoms with van der Waals surface area (Å²) < 4.78 is 0.953. The predicted octanol–water partition coefficient (Wildman–Crippen LogP) is 4.21. The number of hydrogen-bond acceptors (Lipinski definition) is 2. The average molecular weight is 303 g/mol. The molecule has 1 nitrogen and oxygen atoms in total. The quantitative estimate of drug-likeness (QED) is 0.883. The van der Waals surface area contributed by atoms with Crippen LogP contribution >= 0.6 is 38.9 Å². The maximum absolute atomic E-state index is 6.15. The van der Waals surface area contributed by atoms with Gasteiger partial charge in [0.15, 0.2) is 0 Å². The molecule has 78 valence electrons. The first-order valence-electron chi connectivity index (χ1n) is 4.41. The van der Waals surface area contributed by atoms with E-state index in [4.69, 9.17) is 17.3 Å². The van der Waals surface area contributed by atoms with Gasteiger partial charge in [-0.3, -0.25) is 0 Å². The van der Waals surface area contributed by atoms with Gasteiger partial charge in [-0.25, -0.2) is 0 Å². The Morgan fingerprint density at radius 1 is 1.33 bits per heavy atom. The van der Waals surface area contributed by atoms with Crippen LogP contribution < -0.4 is 5.73 Å². The maximum Gasteiger partial charge on any atom is 0.0571 e. The summed E-state index contributed by atoms with van der Waals surface area (Å²) in [4.78, 5) is 0. The lowest BCUT2D eigenvalue weighted by molar-refractivity contribution is 0.871. The first-order chi connectivity index (χ1) is 7.18. The summed E-state index contributed by atoms with van der Waals surface area (Å²) in [5.74, 6) is 0. The number of thiophene rings is 1. The van der Waals surface area contributed by atoms with Gasteiger partial charge in [0.1, 0.15) is 0 Å². The molecule has 1 aromatic heterocycles. The smallest absolute Gasteiger partial charge is 0.0571 e. The van der Waals surface area contributed by atoms with Crippen LogP contribution in [0.5, 0.6) is 0 Å². The molecule has 0 saturated carbocycles. The Bertz CT molecular complexity index is 456. The van der Waals surface area contributed by atoms with Crippen LogP contribution in [0.3, 0.4) is 0 Å². The van der Waals surface area contributed by atoms with Crippen LogP contribution in [0.15, 0.2) is 39.5 Å². The van der Waals surface area contributed by atoms with E-state index in [1.165, 1.54) is 0 Å². The van der Waals surface area contributed by atoms with Crippen LogP contribution in [0.4, 0.5) is 0 Å². The molecule has 0 bridgehead atoms. The van der Waals surface area contributed by atoms with E-state index in [1.807, 2.05) is 29.6 Å². The standard InChI is InChI=1S/C11H9BrClNS/c12-10-5-8(13)1-2-9(10)11(14)7-3-4-15-6-7/h1-6,11H,14H2/t11-/m0/s1. The predicted molar refractivity (Wildman–Crippen MR) is 69.5 cm³/mol. The van der Waals surface area contributed by atoms with Gasteiger partial charge < -0.3 is 5.73 Å². The molecular weight excluding hydrogens is 294 g/mol. The van der Waals surface area contributed by atoms with E-state index in [2.05, 4.69) is 21.3 Å². The number of rotatable bonds is 2. The van der Waals surface area contributed by atoms with Gasteiger partial charge in [0.05, 0.1) is 6.04 Å². The molecule has 15 heavy (non-hydrogen) atoms. The maximum atomic E-state index is 6.15. The van der Waals surface area contributed by atoms with Crippen LogP contribution in [-0.2, 0) is 0 Å². The first kappa shape index (κ1) is 11.1. The second-order valence-corrected chi connectivity index (χ2v) is 5.27.